The van der Waals surface area contributed by atoms with Crippen LogP contribution in [0.2, 0.25) is 0 Å². The van der Waals surface area contributed by atoms with E-state index >= 15 is 0 Å². The predicted octanol–water partition coefficient (Wildman–Crippen LogP) is 4.30. The number of amides is 3. The fraction of sp³-hybridized carbons (Fsp3) is 0.464. The van der Waals surface area contributed by atoms with Crippen molar-refractivity contribution in [2.75, 3.05) is 13.1 Å². The minimum absolute atomic E-state index is 0.160. The van der Waals surface area contributed by atoms with Gasteiger partial charge in [-0.05, 0) is 61.0 Å². The summed E-state index contributed by atoms with van der Waals surface area (Å²) in [7, 11) is 0. The van der Waals surface area contributed by atoms with Gasteiger partial charge in [-0.15, -0.1) is 0 Å². The van der Waals surface area contributed by atoms with Crippen LogP contribution in [0.1, 0.15) is 73.0 Å². The topological polar surface area (TPSA) is 70.2 Å². The van der Waals surface area contributed by atoms with Gasteiger partial charge < -0.3 is 4.74 Å². The van der Waals surface area contributed by atoms with Crippen molar-refractivity contribution in [2.24, 2.45) is 5.41 Å². The van der Waals surface area contributed by atoms with E-state index in [0.717, 1.165) is 30.2 Å². The van der Waals surface area contributed by atoms with E-state index in [1.165, 1.54) is 23.4 Å². The molecule has 7 heteroatoms. The van der Waals surface area contributed by atoms with E-state index < -0.39 is 0 Å². The van der Waals surface area contributed by atoms with Crippen molar-refractivity contribution in [3.8, 4) is 5.75 Å². The molecular weight excluding hydrogens is 442 g/mol. The van der Waals surface area contributed by atoms with Crippen LogP contribution in [-0.2, 0) is 29.3 Å². The Balaban J connectivity index is 1.22. The first-order valence-corrected chi connectivity index (χ1v) is 12.5. The number of nitrogens with zero attached hydrogens (tertiary/aromatic N) is 3. The monoisotopic (exact) mass is 475 g/mol. The van der Waals surface area contributed by atoms with Crippen molar-refractivity contribution in [2.45, 2.75) is 65.6 Å². The molecule has 35 heavy (non-hydrogen) atoms. The average Bonchev–Trinajstić information content (AvgIpc) is 3.17. The van der Waals surface area contributed by atoms with E-state index in [-0.39, 0.29) is 37.1 Å². The number of ether oxygens (including phenoxy) is 1. The molecule has 0 aromatic heterocycles. The van der Waals surface area contributed by atoms with Gasteiger partial charge in [0, 0.05) is 24.9 Å². The van der Waals surface area contributed by atoms with Gasteiger partial charge in [0.15, 0.2) is 0 Å². The summed E-state index contributed by atoms with van der Waals surface area (Å²) in [4.78, 5) is 40.2. The second-order valence-corrected chi connectivity index (χ2v) is 10.6. The molecule has 0 bridgehead atoms. The summed E-state index contributed by atoms with van der Waals surface area (Å²) in [5, 5.41) is 2.29. The number of carbonyl (C=O) groups is 3. The number of hydrazine groups is 1. The predicted molar refractivity (Wildman–Crippen MR) is 131 cm³/mol. The summed E-state index contributed by atoms with van der Waals surface area (Å²) in [6, 6.07) is 13.8. The maximum absolute atomic E-state index is 13.0. The number of hydrogen-bond acceptors (Lipinski definition) is 5. The Bertz CT molecular complexity index is 1120. The first kappa shape index (κ1) is 23.5. The fourth-order valence-corrected chi connectivity index (χ4v) is 5.07. The molecule has 2 saturated heterocycles. The Kier molecular flexibility index (Phi) is 6.36. The summed E-state index contributed by atoms with van der Waals surface area (Å²) in [5.74, 6) is -0.369. The van der Waals surface area contributed by atoms with E-state index in [2.05, 4.69) is 43.0 Å². The number of fused-ring (bicyclic) bond motifs is 1. The molecule has 5 rings (SSSR count). The molecule has 0 saturated carbocycles. The molecule has 3 aliphatic rings. The zero-order valence-corrected chi connectivity index (χ0v) is 20.6. The van der Waals surface area contributed by atoms with Gasteiger partial charge in [-0.25, -0.2) is 5.01 Å². The number of hydrogen-bond donors (Lipinski definition) is 0. The van der Waals surface area contributed by atoms with Gasteiger partial charge in [0.1, 0.15) is 12.4 Å². The molecule has 2 fully saturated rings. The molecule has 3 aliphatic heterocycles. The number of piperidine rings is 2. The lowest BCUT2D eigenvalue weighted by atomic mass is 9.82. The molecule has 3 heterocycles. The molecule has 2 aromatic carbocycles. The Morgan fingerprint density at radius 2 is 1.54 bits per heavy atom. The van der Waals surface area contributed by atoms with Crippen LogP contribution in [0.15, 0.2) is 42.5 Å². The van der Waals surface area contributed by atoms with Crippen LogP contribution in [0, 0.1) is 5.41 Å². The zero-order valence-electron chi connectivity index (χ0n) is 20.6. The lowest BCUT2D eigenvalue weighted by molar-refractivity contribution is -0.163. The fourth-order valence-electron chi connectivity index (χ4n) is 5.07. The first-order chi connectivity index (χ1) is 16.8. The molecule has 0 unspecified atom stereocenters. The van der Waals surface area contributed by atoms with Crippen molar-refractivity contribution in [3.05, 3.63) is 64.7 Å². The Morgan fingerprint density at radius 3 is 2.23 bits per heavy atom. The van der Waals surface area contributed by atoms with E-state index in [4.69, 9.17) is 4.74 Å². The molecule has 7 nitrogen and oxygen atoms in total. The average molecular weight is 476 g/mol. The molecule has 184 valence electrons. The van der Waals surface area contributed by atoms with Crippen LogP contribution in [-0.4, -0.2) is 45.7 Å². The van der Waals surface area contributed by atoms with Crippen molar-refractivity contribution in [1.82, 2.24) is 14.9 Å². The maximum atomic E-state index is 13.0. The van der Waals surface area contributed by atoms with Crippen molar-refractivity contribution in [1.29, 1.82) is 0 Å². The Labute approximate surface area is 206 Å². The quantitative estimate of drug-likeness (QED) is 0.583. The van der Waals surface area contributed by atoms with Gasteiger partial charge in [-0.2, -0.15) is 5.01 Å². The standard InChI is InChI=1S/C28H33N3O4/c1-28(2)13-15-29(16-14-28)17-20-9-11-21(12-10-20)19-35-24-6-3-5-22-23(24)18-30(27(22)34)31-25(32)7-4-8-26(31)33/h3,5-6,9-12H,4,7-8,13-19H2,1-2H3. The molecule has 3 amide bonds. The van der Waals surface area contributed by atoms with Crippen molar-refractivity contribution < 1.29 is 19.1 Å². The smallest absolute Gasteiger partial charge is 0.273 e. The lowest BCUT2D eigenvalue weighted by Crippen LogP contribution is -2.52. The third-order valence-electron chi connectivity index (χ3n) is 7.43. The molecule has 0 radical (unpaired) electrons. The van der Waals surface area contributed by atoms with E-state index in [1.54, 1.807) is 12.1 Å². The summed E-state index contributed by atoms with van der Waals surface area (Å²) >= 11 is 0. The highest BCUT2D eigenvalue weighted by Crippen LogP contribution is 2.34. The van der Waals surface area contributed by atoms with Crippen molar-refractivity contribution in [3.63, 3.8) is 0 Å². The van der Waals surface area contributed by atoms with Crippen LogP contribution < -0.4 is 4.74 Å². The third kappa shape index (κ3) is 4.96. The van der Waals surface area contributed by atoms with E-state index in [9.17, 15) is 14.4 Å². The lowest BCUT2D eigenvalue weighted by Gasteiger charge is -2.36. The maximum Gasteiger partial charge on any atom is 0.273 e. The van der Waals surface area contributed by atoms with Crippen molar-refractivity contribution >= 4 is 17.7 Å². The number of benzene rings is 2. The first-order valence-electron chi connectivity index (χ1n) is 12.5. The normalized spacial score (nSPS) is 20.3. The van der Waals surface area contributed by atoms with Gasteiger partial charge in [0.25, 0.3) is 5.91 Å². The SMILES string of the molecule is CC1(C)CCN(Cc2ccc(COc3cccc4c3CN(N3C(=O)CCCC3=O)C4=O)cc2)CC1. The molecule has 0 atom stereocenters. The van der Waals surface area contributed by atoms with Crippen LogP contribution >= 0.6 is 0 Å². The number of rotatable bonds is 6. The van der Waals surface area contributed by atoms with Gasteiger partial charge >= 0.3 is 0 Å². The summed E-state index contributed by atoms with van der Waals surface area (Å²) < 4.78 is 6.11. The van der Waals surface area contributed by atoms with Crippen LogP contribution in [0.3, 0.4) is 0 Å². The second-order valence-electron chi connectivity index (χ2n) is 10.6. The minimum atomic E-state index is -0.334. The van der Waals surface area contributed by atoms with E-state index in [0.29, 0.717) is 35.3 Å². The van der Waals surface area contributed by atoms with Gasteiger partial charge in [0.2, 0.25) is 11.8 Å². The largest absolute Gasteiger partial charge is 0.489 e. The Hall–Kier alpha value is -3.19. The molecule has 2 aromatic rings. The summed E-state index contributed by atoms with van der Waals surface area (Å²) in [5.41, 5.74) is 4.00. The summed E-state index contributed by atoms with van der Waals surface area (Å²) in [6.07, 6.45) is 3.56. The minimum Gasteiger partial charge on any atom is -0.489 e. The van der Waals surface area contributed by atoms with Crippen LogP contribution in [0.25, 0.3) is 0 Å². The third-order valence-corrected chi connectivity index (χ3v) is 7.43. The highest BCUT2D eigenvalue weighted by molar-refractivity contribution is 6.04. The van der Waals surface area contributed by atoms with Crippen LogP contribution in [0.5, 0.6) is 5.75 Å². The number of imide groups is 1. The highest BCUT2D eigenvalue weighted by Gasteiger charge is 2.40. The van der Waals surface area contributed by atoms with Gasteiger partial charge in [-0.1, -0.05) is 44.2 Å². The molecule has 0 spiro atoms. The van der Waals surface area contributed by atoms with Crippen LogP contribution in [0.4, 0.5) is 0 Å². The second kappa shape index (κ2) is 9.46. The van der Waals surface area contributed by atoms with Gasteiger partial charge in [0.05, 0.1) is 12.1 Å². The zero-order chi connectivity index (χ0) is 24.6. The number of likely N-dealkylation sites (tertiary alicyclic amines) is 1. The highest BCUT2D eigenvalue weighted by atomic mass is 16.5. The Morgan fingerprint density at radius 1 is 0.886 bits per heavy atom. The molecule has 0 aliphatic carbocycles. The molecular formula is C28H33N3O4. The molecule has 0 N–H and O–H groups in total. The number of carbonyl (C=O) groups excluding carboxylic acids is 3. The summed E-state index contributed by atoms with van der Waals surface area (Å²) in [6.45, 7) is 8.48. The van der Waals surface area contributed by atoms with E-state index in [1.807, 2.05) is 6.07 Å². The van der Waals surface area contributed by atoms with Gasteiger partial charge in [-0.3, -0.25) is 19.3 Å².